The lowest BCUT2D eigenvalue weighted by Gasteiger charge is -2.38. The lowest BCUT2D eigenvalue weighted by atomic mass is 10.0. The Morgan fingerprint density at radius 3 is 2.64 bits per heavy atom. The molecule has 1 aliphatic heterocycles. The van der Waals surface area contributed by atoms with Gasteiger partial charge in [0.05, 0.1) is 38.5 Å². The van der Waals surface area contributed by atoms with Gasteiger partial charge in [-0.15, -0.1) is 11.3 Å². The van der Waals surface area contributed by atoms with E-state index < -0.39 is 0 Å². The van der Waals surface area contributed by atoms with Crippen molar-refractivity contribution in [2.24, 2.45) is 0 Å². The van der Waals surface area contributed by atoms with Gasteiger partial charge in [-0.1, -0.05) is 30.8 Å². The fourth-order valence-electron chi connectivity index (χ4n) is 4.72. The Kier molecular flexibility index (Phi) is 6.50. The number of fused-ring (bicyclic) bond motifs is 2. The lowest BCUT2D eigenvalue weighted by molar-refractivity contribution is -0.134. The van der Waals surface area contributed by atoms with Crippen LogP contribution in [0.3, 0.4) is 0 Å². The monoisotopic (exact) mass is 538 g/mol. The van der Waals surface area contributed by atoms with Gasteiger partial charge in [-0.25, -0.2) is 9.97 Å². The van der Waals surface area contributed by atoms with E-state index in [0.29, 0.717) is 41.7 Å². The normalized spacial score (nSPS) is 13.2. The molecule has 1 saturated heterocycles. The molecule has 3 aromatic carbocycles. The standard InChI is InChI=1S/C30H26N4O4S/c1-4-29(35)34-14-19(15-34)38-27-12-21-23(13-26(27)37-3)31-17-32-30(21)33-24-11-18(9-10-25(24)36-2)22-16-39-28-8-6-5-7-20(22)28/h4-13,16-17,19H,1,14-15H2,2-3H3,(H,31,32,33). The smallest absolute Gasteiger partial charge is 0.246 e. The van der Waals surface area contributed by atoms with Gasteiger partial charge in [0.2, 0.25) is 5.91 Å². The van der Waals surface area contributed by atoms with Crippen molar-refractivity contribution in [2.45, 2.75) is 6.10 Å². The third-order valence-electron chi connectivity index (χ3n) is 6.79. The Hall–Kier alpha value is -4.63. The molecule has 1 amide bonds. The second-order valence-electron chi connectivity index (χ2n) is 9.12. The molecule has 0 aliphatic carbocycles. The molecule has 0 spiro atoms. The Balaban J connectivity index is 1.35. The third kappa shape index (κ3) is 4.61. The molecule has 3 heterocycles. The van der Waals surface area contributed by atoms with E-state index in [1.54, 1.807) is 30.5 Å². The Bertz CT molecular complexity index is 1710. The maximum Gasteiger partial charge on any atom is 0.246 e. The maximum absolute atomic E-state index is 11.8. The molecule has 9 heteroatoms. The van der Waals surface area contributed by atoms with Crippen molar-refractivity contribution in [3.05, 3.63) is 79.0 Å². The van der Waals surface area contributed by atoms with Crippen molar-refractivity contribution in [1.82, 2.24) is 14.9 Å². The van der Waals surface area contributed by atoms with Gasteiger partial charge in [-0.3, -0.25) is 4.79 Å². The van der Waals surface area contributed by atoms with Gasteiger partial charge in [-0.05, 0) is 41.3 Å². The van der Waals surface area contributed by atoms with E-state index in [4.69, 9.17) is 14.2 Å². The summed E-state index contributed by atoms with van der Waals surface area (Å²) in [6.07, 6.45) is 2.68. The molecular formula is C30H26N4O4S. The number of carbonyl (C=O) groups is 1. The van der Waals surface area contributed by atoms with E-state index in [1.807, 2.05) is 18.2 Å². The van der Waals surface area contributed by atoms with Crippen LogP contribution in [0.2, 0.25) is 0 Å². The highest BCUT2D eigenvalue weighted by Crippen LogP contribution is 2.40. The molecule has 1 aliphatic rings. The number of carbonyl (C=O) groups excluding carboxylic acids is 1. The van der Waals surface area contributed by atoms with Crippen molar-refractivity contribution in [3.8, 4) is 28.4 Å². The minimum atomic E-state index is -0.140. The molecule has 196 valence electrons. The number of hydrogen-bond donors (Lipinski definition) is 1. The average molecular weight is 539 g/mol. The summed E-state index contributed by atoms with van der Waals surface area (Å²) in [5, 5.41) is 7.61. The minimum absolute atomic E-state index is 0.105. The third-order valence-corrected chi connectivity index (χ3v) is 7.76. The van der Waals surface area contributed by atoms with Crippen LogP contribution in [0.5, 0.6) is 17.2 Å². The predicted octanol–water partition coefficient (Wildman–Crippen LogP) is 6.05. The van der Waals surface area contributed by atoms with E-state index in [1.165, 1.54) is 28.1 Å². The summed E-state index contributed by atoms with van der Waals surface area (Å²) < 4.78 is 18.7. The van der Waals surface area contributed by atoms with Gasteiger partial charge in [0.25, 0.3) is 0 Å². The molecule has 0 saturated carbocycles. The fourth-order valence-corrected chi connectivity index (χ4v) is 5.69. The van der Waals surface area contributed by atoms with Gasteiger partial charge < -0.3 is 24.4 Å². The van der Waals surface area contributed by atoms with Crippen LogP contribution < -0.4 is 19.5 Å². The number of nitrogens with zero attached hydrogens (tertiary/aromatic N) is 3. The molecule has 0 atom stereocenters. The highest BCUT2D eigenvalue weighted by Gasteiger charge is 2.31. The number of benzene rings is 3. The van der Waals surface area contributed by atoms with Crippen molar-refractivity contribution >= 4 is 49.7 Å². The number of amides is 1. The number of ether oxygens (including phenoxy) is 3. The fraction of sp³-hybridized carbons (Fsp3) is 0.167. The molecule has 8 nitrogen and oxygen atoms in total. The van der Waals surface area contributed by atoms with Crippen LogP contribution in [0.4, 0.5) is 11.5 Å². The summed E-state index contributed by atoms with van der Waals surface area (Å²) in [4.78, 5) is 22.5. The largest absolute Gasteiger partial charge is 0.495 e. The van der Waals surface area contributed by atoms with Gasteiger partial charge >= 0.3 is 0 Å². The topological polar surface area (TPSA) is 85.8 Å². The van der Waals surface area contributed by atoms with Crippen molar-refractivity contribution in [1.29, 1.82) is 0 Å². The summed E-state index contributed by atoms with van der Waals surface area (Å²) >= 11 is 1.73. The summed E-state index contributed by atoms with van der Waals surface area (Å²) in [5.41, 5.74) is 3.72. The van der Waals surface area contributed by atoms with Crippen LogP contribution in [-0.2, 0) is 4.79 Å². The molecule has 5 aromatic rings. The van der Waals surface area contributed by atoms with Gasteiger partial charge in [-0.2, -0.15) is 0 Å². The first-order valence-electron chi connectivity index (χ1n) is 12.4. The summed E-state index contributed by atoms with van der Waals surface area (Å²) in [6.45, 7) is 4.52. The number of anilines is 2. The number of hydrogen-bond acceptors (Lipinski definition) is 8. The number of methoxy groups -OCH3 is 2. The van der Waals surface area contributed by atoms with E-state index in [9.17, 15) is 4.79 Å². The Morgan fingerprint density at radius 1 is 1.03 bits per heavy atom. The molecule has 39 heavy (non-hydrogen) atoms. The van der Waals surface area contributed by atoms with Crippen molar-refractivity contribution in [3.63, 3.8) is 0 Å². The zero-order valence-corrected chi connectivity index (χ0v) is 22.3. The number of nitrogens with one attached hydrogen (secondary N) is 1. The van der Waals surface area contributed by atoms with Crippen LogP contribution in [0.1, 0.15) is 0 Å². The number of thiophene rings is 1. The molecule has 1 fully saturated rings. The first-order chi connectivity index (χ1) is 19.1. The second kappa shape index (κ2) is 10.3. The molecule has 6 rings (SSSR count). The van der Waals surface area contributed by atoms with Crippen LogP contribution in [-0.4, -0.2) is 54.2 Å². The summed E-state index contributed by atoms with van der Waals surface area (Å²) in [7, 11) is 3.24. The SMILES string of the molecule is C=CC(=O)N1CC(Oc2cc3c(Nc4cc(-c5csc6ccccc56)ccc4OC)ncnc3cc2OC)C1. The predicted molar refractivity (Wildman–Crippen MR) is 154 cm³/mol. The minimum Gasteiger partial charge on any atom is -0.495 e. The molecule has 0 radical (unpaired) electrons. The number of likely N-dealkylation sites (tertiary alicyclic amines) is 1. The summed E-state index contributed by atoms with van der Waals surface area (Å²) in [6, 6.07) is 18.2. The van der Waals surface area contributed by atoms with Crippen LogP contribution >= 0.6 is 11.3 Å². The van der Waals surface area contributed by atoms with Crippen LogP contribution in [0, 0.1) is 0 Å². The molecule has 1 N–H and O–H groups in total. The maximum atomic E-state index is 11.8. The van der Waals surface area contributed by atoms with E-state index in [-0.39, 0.29) is 12.0 Å². The second-order valence-corrected chi connectivity index (χ2v) is 10.0. The van der Waals surface area contributed by atoms with Crippen LogP contribution in [0.15, 0.2) is 79.0 Å². The van der Waals surface area contributed by atoms with E-state index >= 15 is 0 Å². The lowest BCUT2D eigenvalue weighted by Crippen LogP contribution is -2.55. The molecular weight excluding hydrogens is 512 g/mol. The van der Waals surface area contributed by atoms with Crippen LogP contribution in [0.25, 0.3) is 32.1 Å². The highest BCUT2D eigenvalue weighted by atomic mass is 32.1. The zero-order chi connectivity index (χ0) is 26.9. The number of rotatable bonds is 8. The highest BCUT2D eigenvalue weighted by molar-refractivity contribution is 7.17. The first kappa shape index (κ1) is 24.7. The quantitative estimate of drug-likeness (QED) is 0.241. The Labute approximate surface area is 229 Å². The average Bonchev–Trinajstić information content (AvgIpc) is 3.38. The first-order valence-corrected chi connectivity index (χ1v) is 13.3. The van der Waals surface area contributed by atoms with E-state index in [0.717, 1.165) is 16.6 Å². The van der Waals surface area contributed by atoms with Crippen molar-refractivity contribution in [2.75, 3.05) is 32.6 Å². The Morgan fingerprint density at radius 2 is 1.85 bits per heavy atom. The zero-order valence-electron chi connectivity index (χ0n) is 21.5. The molecule has 0 unspecified atom stereocenters. The van der Waals surface area contributed by atoms with Gasteiger partial charge in [0.1, 0.15) is 24.0 Å². The number of aromatic nitrogens is 2. The van der Waals surface area contributed by atoms with Crippen molar-refractivity contribution < 1.29 is 19.0 Å². The molecule has 2 aromatic heterocycles. The van der Waals surface area contributed by atoms with Gasteiger partial charge in [0, 0.05) is 27.1 Å². The van der Waals surface area contributed by atoms with Gasteiger partial charge in [0.15, 0.2) is 11.5 Å². The molecule has 0 bridgehead atoms. The van der Waals surface area contributed by atoms with E-state index in [2.05, 4.69) is 63.6 Å². The summed E-state index contributed by atoms with van der Waals surface area (Å²) in [5.74, 6) is 2.31.